The Morgan fingerprint density at radius 2 is 1.69 bits per heavy atom. The van der Waals surface area contributed by atoms with Crippen molar-refractivity contribution in [1.29, 1.82) is 0 Å². The van der Waals surface area contributed by atoms with E-state index in [-0.39, 0.29) is 0 Å². The smallest absolute Gasteiger partial charge is 0.0331 e. The zero-order chi connectivity index (χ0) is 9.42. The number of anilines is 1. The monoisotopic (exact) mass is 207 g/mol. The summed E-state index contributed by atoms with van der Waals surface area (Å²) in [6, 6.07) is 9.67. The third kappa shape index (κ3) is 1.49. The highest BCUT2D eigenvalue weighted by Crippen LogP contribution is 2.29. The first kappa shape index (κ1) is 8.78. The Kier molecular flexibility index (Phi) is 2.14. The van der Waals surface area contributed by atoms with Gasteiger partial charge >= 0.3 is 0 Å². The third-order valence-electron chi connectivity index (χ3n) is 1.97. The fourth-order valence-corrected chi connectivity index (χ4v) is 1.99. The predicted octanol–water partition coefficient (Wildman–Crippen LogP) is 3.00. The molecule has 0 heterocycles. The zero-order valence-electron chi connectivity index (χ0n) is 6.86. The number of hydrogen-bond acceptors (Lipinski definition) is 3. The summed E-state index contributed by atoms with van der Waals surface area (Å²) in [5.74, 6) is 0. The van der Waals surface area contributed by atoms with Gasteiger partial charge in [0.2, 0.25) is 0 Å². The van der Waals surface area contributed by atoms with Crippen LogP contribution in [0.3, 0.4) is 0 Å². The van der Waals surface area contributed by atoms with Crippen molar-refractivity contribution >= 4 is 41.7 Å². The van der Waals surface area contributed by atoms with E-state index in [0.717, 1.165) is 26.3 Å². The molecule has 2 rings (SSSR count). The van der Waals surface area contributed by atoms with E-state index in [1.54, 1.807) is 0 Å². The summed E-state index contributed by atoms with van der Waals surface area (Å²) >= 11 is 8.71. The van der Waals surface area contributed by atoms with E-state index in [9.17, 15) is 0 Å². The van der Waals surface area contributed by atoms with Crippen molar-refractivity contribution in [3.8, 4) is 0 Å². The van der Waals surface area contributed by atoms with Gasteiger partial charge in [0.05, 0.1) is 0 Å². The highest BCUT2D eigenvalue weighted by Gasteiger charge is 2.01. The fourth-order valence-electron chi connectivity index (χ4n) is 1.37. The van der Waals surface area contributed by atoms with E-state index in [1.165, 1.54) is 0 Å². The summed E-state index contributed by atoms with van der Waals surface area (Å²) < 4.78 is 0. The van der Waals surface area contributed by atoms with Gasteiger partial charge in [-0.15, -0.1) is 25.3 Å². The number of hydrogen-bond donors (Lipinski definition) is 3. The molecule has 0 aliphatic carbocycles. The summed E-state index contributed by atoms with van der Waals surface area (Å²) in [6.45, 7) is 0. The van der Waals surface area contributed by atoms with Crippen molar-refractivity contribution in [2.24, 2.45) is 0 Å². The molecule has 1 nitrogen and oxygen atoms in total. The van der Waals surface area contributed by atoms with E-state index in [2.05, 4.69) is 25.3 Å². The molecular weight excluding hydrogens is 198 g/mol. The minimum atomic E-state index is 0.721. The molecule has 0 aromatic heterocycles. The molecule has 0 saturated carbocycles. The molecule has 2 aromatic carbocycles. The number of nitrogens with two attached hydrogens (primary N) is 1. The number of thiol groups is 2. The Balaban J connectivity index is 2.94. The van der Waals surface area contributed by atoms with Crippen LogP contribution >= 0.6 is 25.3 Å². The lowest BCUT2D eigenvalue weighted by molar-refractivity contribution is 1.49. The lowest BCUT2D eigenvalue weighted by Crippen LogP contribution is -1.86. The van der Waals surface area contributed by atoms with Gasteiger partial charge in [0.1, 0.15) is 0 Å². The maximum atomic E-state index is 5.71. The third-order valence-corrected chi connectivity index (χ3v) is 2.73. The average Bonchev–Trinajstić information content (AvgIpc) is 2.07. The van der Waals surface area contributed by atoms with Crippen LogP contribution in [0.4, 0.5) is 5.69 Å². The molecule has 0 aliphatic heterocycles. The molecule has 0 amide bonds. The lowest BCUT2D eigenvalue weighted by atomic mass is 10.1. The van der Waals surface area contributed by atoms with Gasteiger partial charge in [0, 0.05) is 15.5 Å². The minimum Gasteiger partial charge on any atom is -0.399 e. The van der Waals surface area contributed by atoms with Crippen LogP contribution in [0.25, 0.3) is 10.8 Å². The maximum Gasteiger partial charge on any atom is 0.0331 e. The molecule has 0 fully saturated rings. The molecule has 66 valence electrons. The first-order valence-corrected chi connectivity index (χ1v) is 4.78. The SMILES string of the molecule is Nc1cc(S)c2cccc(S)c2c1. The normalized spacial score (nSPS) is 10.6. The lowest BCUT2D eigenvalue weighted by Gasteiger charge is -2.05. The van der Waals surface area contributed by atoms with Gasteiger partial charge in [0.15, 0.2) is 0 Å². The van der Waals surface area contributed by atoms with Gasteiger partial charge in [-0.25, -0.2) is 0 Å². The van der Waals surface area contributed by atoms with Gasteiger partial charge in [-0.1, -0.05) is 12.1 Å². The van der Waals surface area contributed by atoms with Crippen molar-refractivity contribution < 1.29 is 0 Å². The molecule has 13 heavy (non-hydrogen) atoms. The van der Waals surface area contributed by atoms with Crippen molar-refractivity contribution in [3.05, 3.63) is 30.3 Å². The Morgan fingerprint density at radius 1 is 0.923 bits per heavy atom. The summed E-state index contributed by atoms with van der Waals surface area (Å²) in [6.07, 6.45) is 0. The van der Waals surface area contributed by atoms with E-state index >= 15 is 0 Å². The number of nitrogen functional groups attached to an aromatic ring is 1. The Labute approximate surface area is 87.8 Å². The van der Waals surface area contributed by atoms with E-state index in [1.807, 2.05) is 30.3 Å². The minimum absolute atomic E-state index is 0.721. The average molecular weight is 207 g/mol. The first-order valence-electron chi connectivity index (χ1n) is 3.88. The Bertz CT molecular complexity index is 466. The highest BCUT2D eigenvalue weighted by atomic mass is 32.1. The second kappa shape index (κ2) is 3.16. The van der Waals surface area contributed by atoms with E-state index in [4.69, 9.17) is 5.73 Å². The van der Waals surface area contributed by atoms with Crippen LogP contribution in [0, 0.1) is 0 Å². The van der Waals surface area contributed by atoms with Gasteiger partial charge in [-0.05, 0) is 29.0 Å². The standard InChI is InChI=1S/C10H9NS2/c11-6-4-8-7(10(13)5-6)2-1-3-9(8)12/h1-5,12-13H,11H2. The predicted molar refractivity (Wildman–Crippen MR) is 62.9 cm³/mol. The van der Waals surface area contributed by atoms with Crippen molar-refractivity contribution in [2.45, 2.75) is 9.79 Å². The summed E-state index contributed by atoms with van der Waals surface area (Å²) in [4.78, 5) is 1.83. The Morgan fingerprint density at radius 3 is 2.46 bits per heavy atom. The van der Waals surface area contributed by atoms with Gasteiger partial charge in [-0.3, -0.25) is 0 Å². The molecule has 3 heteroatoms. The molecule has 0 spiro atoms. The summed E-state index contributed by atoms with van der Waals surface area (Å²) in [5.41, 5.74) is 6.43. The molecule has 0 atom stereocenters. The molecule has 2 N–H and O–H groups in total. The molecule has 2 aromatic rings. The molecular formula is C10H9NS2. The number of rotatable bonds is 0. The van der Waals surface area contributed by atoms with Crippen LogP contribution in [0.2, 0.25) is 0 Å². The zero-order valence-corrected chi connectivity index (χ0v) is 8.65. The van der Waals surface area contributed by atoms with Crippen molar-refractivity contribution in [1.82, 2.24) is 0 Å². The fraction of sp³-hybridized carbons (Fsp3) is 0. The highest BCUT2D eigenvalue weighted by molar-refractivity contribution is 7.81. The van der Waals surface area contributed by atoms with Crippen LogP contribution in [0.15, 0.2) is 40.1 Å². The van der Waals surface area contributed by atoms with Crippen LogP contribution < -0.4 is 5.73 Å². The summed E-state index contributed by atoms with van der Waals surface area (Å²) in [5, 5.41) is 2.14. The molecule has 0 aliphatic rings. The van der Waals surface area contributed by atoms with Crippen LogP contribution in [-0.2, 0) is 0 Å². The number of benzene rings is 2. The largest absolute Gasteiger partial charge is 0.399 e. The molecule has 0 bridgehead atoms. The first-order chi connectivity index (χ1) is 6.18. The van der Waals surface area contributed by atoms with Gasteiger partial charge in [-0.2, -0.15) is 0 Å². The second-order valence-electron chi connectivity index (χ2n) is 2.91. The summed E-state index contributed by atoms with van der Waals surface area (Å²) in [7, 11) is 0. The molecule has 0 unspecified atom stereocenters. The second-order valence-corrected chi connectivity index (χ2v) is 3.88. The van der Waals surface area contributed by atoms with Crippen LogP contribution in [0.5, 0.6) is 0 Å². The van der Waals surface area contributed by atoms with E-state index < -0.39 is 0 Å². The Hall–Kier alpha value is -0.800. The quantitative estimate of drug-likeness (QED) is 0.449. The van der Waals surface area contributed by atoms with Crippen LogP contribution in [-0.4, -0.2) is 0 Å². The van der Waals surface area contributed by atoms with Gasteiger partial charge < -0.3 is 5.73 Å². The van der Waals surface area contributed by atoms with Gasteiger partial charge in [0.25, 0.3) is 0 Å². The topological polar surface area (TPSA) is 26.0 Å². The van der Waals surface area contributed by atoms with Crippen molar-refractivity contribution in [2.75, 3.05) is 5.73 Å². The van der Waals surface area contributed by atoms with Crippen LogP contribution in [0.1, 0.15) is 0 Å². The van der Waals surface area contributed by atoms with E-state index in [0.29, 0.717) is 0 Å². The maximum absolute atomic E-state index is 5.71. The molecule has 0 saturated heterocycles. The van der Waals surface area contributed by atoms with Crippen molar-refractivity contribution in [3.63, 3.8) is 0 Å². The number of fused-ring (bicyclic) bond motifs is 1. The molecule has 0 radical (unpaired) electrons.